The van der Waals surface area contributed by atoms with Crippen LogP contribution in [0.2, 0.25) is 5.02 Å². The average Bonchev–Trinajstić information content (AvgIpc) is 3.14. The third kappa shape index (κ3) is 4.72. The lowest BCUT2D eigenvalue weighted by molar-refractivity contribution is -0.133. The molecule has 2 atom stereocenters. The van der Waals surface area contributed by atoms with Gasteiger partial charge in [-0.1, -0.05) is 17.7 Å². The summed E-state index contributed by atoms with van der Waals surface area (Å²) in [6, 6.07) is 4.55. The van der Waals surface area contributed by atoms with Crippen molar-refractivity contribution in [2.45, 2.75) is 51.4 Å². The Balaban J connectivity index is 1.51. The fourth-order valence-corrected chi connectivity index (χ4v) is 4.57. The zero-order valence-electron chi connectivity index (χ0n) is 18.6. The van der Waals surface area contributed by atoms with E-state index < -0.39 is 17.3 Å². The highest BCUT2D eigenvalue weighted by Gasteiger charge is 2.34. The summed E-state index contributed by atoms with van der Waals surface area (Å²) >= 11 is 5.85. The van der Waals surface area contributed by atoms with Gasteiger partial charge in [0.05, 0.1) is 29.3 Å². The van der Waals surface area contributed by atoms with Crippen molar-refractivity contribution in [2.75, 3.05) is 31.1 Å². The second-order valence-corrected chi connectivity index (χ2v) is 9.65. The summed E-state index contributed by atoms with van der Waals surface area (Å²) in [5.74, 6) is -0.235. The second kappa shape index (κ2) is 8.92. The van der Waals surface area contributed by atoms with E-state index in [-0.39, 0.29) is 17.0 Å². The van der Waals surface area contributed by atoms with E-state index in [1.807, 2.05) is 25.7 Å². The standard InChI is InChI=1S/C23H29ClFN5O2/c1-14-20-19(12-32-14)27-13-28-21(20)29-6-8-30(9-7-29)22(31)16(11-23(2,3)26)15-4-5-17(24)18(25)10-15/h4-5,10,13-14,16H,6-9,11-12,26H2,1-3H3. The van der Waals surface area contributed by atoms with Gasteiger partial charge in [0.15, 0.2) is 0 Å². The first-order chi connectivity index (χ1) is 15.1. The molecule has 1 aromatic heterocycles. The van der Waals surface area contributed by atoms with E-state index >= 15 is 0 Å². The van der Waals surface area contributed by atoms with Crippen LogP contribution in [0, 0.1) is 5.82 Å². The van der Waals surface area contributed by atoms with Crippen LogP contribution in [0.5, 0.6) is 0 Å². The minimum absolute atomic E-state index is 0.0381. The Morgan fingerprint density at radius 2 is 2.03 bits per heavy atom. The van der Waals surface area contributed by atoms with Gasteiger partial charge in [0, 0.05) is 37.3 Å². The molecule has 0 radical (unpaired) electrons. The van der Waals surface area contributed by atoms with Crippen LogP contribution in [0.15, 0.2) is 24.5 Å². The van der Waals surface area contributed by atoms with Gasteiger partial charge >= 0.3 is 0 Å². The Morgan fingerprint density at radius 3 is 2.69 bits per heavy atom. The Labute approximate surface area is 192 Å². The predicted octanol–water partition coefficient (Wildman–Crippen LogP) is 3.42. The fourth-order valence-electron chi connectivity index (χ4n) is 4.45. The molecule has 3 heterocycles. The lowest BCUT2D eigenvalue weighted by Crippen LogP contribution is -2.51. The maximum atomic E-state index is 14.1. The molecule has 7 nitrogen and oxygen atoms in total. The molecule has 2 aliphatic rings. The van der Waals surface area contributed by atoms with Crippen molar-refractivity contribution in [3.63, 3.8) is 0 Å². The molecule has 4 rings (SSSR count). The molecule has 1 amide bonds. The maximum absolute atomic E-state index is 14.1. The van der Waals surface area contributed by atoms with Crippen molar-refractivity contribution in [3.05, 3.63) is 52.2 Å². The van der Waals surface area contributed by atoms with Crippen LogP contribution in [0.4, 0.5) is 10.2 Å². The first kappa shape index (κ1) is 22.9. The SMILES string of the molecule is CC1OCc2ncnc(N3CCN(C(=O)C(CC(C)(C)N)c4ccc(Cl)c(F)c4)CC3)c21. The van der Waals surface area contributed by atoms with Gasteiger partial charge in [0.2, 0.25) is 5.91 Å². The van der Waals surface area contributed by atoms with Crippen LogP contribution < -0.4 is 10.6 Å². The lowest BCUT2D eigenvalue weighted by Gasteiger charge is -2.38. The van der Waals surface area contributed by atoms with Gasteiger partial charge < -0.3 is 20.3 Å². The number of carbonyl (C=O) groups is 1. The van der Waals surface area contributed by atoms with Crippen molar-refractivity contribution in [3.8, 4) is 0 Å². The summed E-state index contributed by atoms with van der Waals surface area (Å²) in [5, 5.41) is 0.0381. The summed E-state index contributed by atoms with van der Waals surface area (Å²) in [6.45, 7) is 8.63. The van der Waals surface area contributed by atoms with Crippen LogP contribution in [-0.2, 0) is 16.1 Å². The highest BCUT2D eigenvalue weighted by Crippen LogP contribution is 2.36. The minimum Gasteiger partial charge on any atom is -0.367 e. The summed E-state index contributed by atoms with van der Waals surface area (Å²) in [6.07, 6.45) is 1.93. The molecular weight excluding hydrogens is 433 g/mol. The zero-order valence-corrected chi connectivity index (χ0v) is 19.4. The molecule has 0 spiro atoms. The Morgan fingerprint density at radius 1 is 1.31 bits per heavy atom. The summed E-state index contributed by atoms with van der Waals surface area (Å²) in [7, 11) is 0. The highest BCUT2D eigenvalue weighted by molar-refractivity contribution is 6.30. The fraction of sp³-hybridized carbons (Fsp3) is 0.522. The van der Waals surface area contributed by atoms with Crippen molar-refractivity contribution in [1.82, 2.24) is 14.9 Å². The first-order valence-electron chi connectivity index (χ1n) is 10.9. The maximum Gasteiger partial charge on any atom is 0.230 e. The number of hydrogen-bond acceptors (Lipinski definition) is 6. The monoisotopic (exact) mass is 461 g/mol. The quantitative estimate of drug-likeness (QED) is 0.734. The van der Waals surface area contributed by atoms with E-state index in [9.17, 15) is 9.18 Å². The normalized spacial score (nSPS) is 19.8. The molecule has 1 fully saturated rings. The van der Waals surface area contributed by atoms with Gasteiger partial charge in [-0.15, -0.1) is 0 Å². The van der Waals surface area contributed by atoms with Crippen molar-refractivity contribution >= 4 is 23.3 Å². The summed E-state index contributed by atoms with van der Waals surface area (Å²) in [4.78, 5) is 26.4. The van der Waals surface area contributed by atoms with Crippen molar-refractivity contribution in [2.24, 2.45) is 5.73 Å². The van der Waals surface area contributed by atoms with Gasteiger partial charge in [0.1, 0.15) is 18.0 Å². The third-order valence-electron chi connectivity index (χ3n) is 6.09. The predicted molar refractivity (Wildman–Crippen MR) is 121 cm³/mol. The molecule has 0 saturated carbocycles. The van der Waals surface area contributed by atoms with E-state index in [4.69, 9.17) is 22.1 Å². The number of nitrogens with zero attached hydrogens (tertiary/aromatic N) is 4. The topological polar surface area (TPSA) is 84.6 Å². The van der Waals surface area contributed by atoms with Crippen LogP contribution in [0.25, 0.3) is 0 Å². The Kier molecular flexibility index (Phi) is 6.38. The average molecular weight is 462 g/mol. The molecule has 1 saturated heterocycles. The molecule has 0 aliphatic carbocycles. The number of fused-ring (bicyclic) bond motifs is 1. The third-order valence-corrected chi connectivity index (χ3v) is 6.39. The van der Waals surface area contributed by atoms with E-state index in [2.05, 4.69) is 14.9 Å². The zero-order chi connectivity index (χ0) is 23.0. The molecule has 32 heavy (non-hydrogen) atoms. The smallest absolute Gasteiger partial charge is 0.230 e. The number of piperazine rings is 1. The number of halogens is 2. The number of aromatic nitrogens is 2. The molecule has 2 unspecified atom stereocenters. The first-order valence-corrected chi connectivity index (χ1v) is 11.2. The number of benzene rings is 1. The van der Waals surface area contributed by atoms with Crippen LogP contribution in [0.3, 0.4) is 0 Å². The van der Waals surface area contributed by atoms with E-state index in [0.29, 0.717) is 44.8 Å². The number of hydrogen-bond donors (Lipinski definition) is 1. The molecule has 9 heteroatoms. The Bertz CT molecular complexity index is 1000. The summed E-state index contributed by atoms with van der Waals surface area (Å²) < 4.78 is 19.9. The molecule has 172 valence electrons. The second-order valence-electron chi connectivity index (χ2n) is 9.24. The highest BCUT2D eigenvalue weighted by atomic mass is 35.5. The largest absolute Gasteiger partial charge is 0.367 e. The van der Waals surface area contributed by atoms with Crippen molar-refractivity contribution < 1.29 is 13.9 Å². The van der Waals surface area contributed by atoms with Gasteiger partial charge in [-0.05, 0) is 44.9 Å². The van der Waals surface area contributed by atoms with E-state index in [1.54, 1.807) is 12.4 Å². The number of amides is 1. The van der Waals surface area contributed by atoms with Gasteiger partial charge in [-0.3, -0.25) is 4.79 Å². The van der Waals surface area contributed by atoms with Crippen LogP contribution in [-0.4, -0.2) is 52.5 Å². The number of rotatable bonds is 5. The van der Waals surface area contributed by atoms with Crippen molar-refractivity contribution in [1.29, 1.82) is 0 Å². The van der Waals surface area contributed by atoms with E-state index in [0.717, 1.165) is 17.1 Å². The minimum atomic E-state index is -0.587. The molecule has 2 aromatic rings. The number of carbonyl (C=O) groups excluding carboxylic acids is 1. The molecule has 2 aliphatic heterocycles. The van der Waals surface area contributed by atoms with Gasteiger partial charge in [-0.25, -0.2) is 14.4 Å². The number of ether oxygens (including phenoxy) is 1. The number of anilines is 1. The van der Waals surface area contributed by atoms with Crippen LogP contribution >= 0.6 is 11.6 Å². The molecule has 1 aromatic carbocycles. The molecule has 2 N–H and O–H groups in total. The van der Waals surface area contributed by atoms with Crippen LogP contribution in [0.1, 0.15) is 56.0 Å². The van der Waals surface area contributed by atoms with Gasteiger partial charge in [0.25, 0.3) is 0 Å². The summed E-state index contributed by atoms with van der Waals surface area (Å²) in [5.41, 5.74) is 8.22. The lowest BCUT2D eigenvalue weighted by atomic mass is 9.85. The molecule has 0 bridgehead atoms. The van der Waals surface area contributed by atoms with E-state index in [1.165, 1.54) is 12.1 Å². The molecular formula is C23H29ClFN5O2. The Hall–Kier alpha value is -2.29. The number of nitrogens with two attached hydrogens (primary N) is 1. The van der Waals surface area contributed by atoms with Gasteiger partial charge in [-0.2, -0.15) is 0 Å².